The fourth-order valence-corrected chi connectivity index (χ4v) is 0.769. The number of rotatable bonds is 6. The molecule has 0 heterocycles. The van der Waals surface area contributed by atoms with Crippen LogP contribution in [-0.2, 0) is 4.79 Å². The Morgan fingerprint density at radius 2 is 2.23 bits per heavy atom. The molecule has 5 nitrogen and oxygen atoms in total. The Balaban J connectivity index is 3.51. The highest BCUT2D eigenvalue weighted by molar-refractivity contribution is 5.79. The number of hydrogen-bond acceptors (Lipinski definition) is 3. The summed E-state index contributed by atoms with van der Waals surface area (Å²) in [6.07, 6.45) is 1.83. The van der Waals surface area contributed by atoms with Gasteiger partial charge in [0, 0.05) is 13.0 Å². The van der Waals surface area contributed by atoms with E-state index in [0.29, 0.717) is 25.2 Å². The quantitative estimate of drug-likeness (QED) is 0.308. The first-order valence-electron chi connectivity index (χ1n) is 4.35. The van der Waals surface area contributed by atoms with Crippen molar-refractivity contribution in [2.24, 2.45) is 16.5 Å². The van der Waals surface area contributed by atoms with Crippen LogP contribution in [0.3, 0.4) is 0 Å². The van der Waals surface area contributed by atoms with Crippen LogP contribution in [0.25, 0.3) is 0 Å². The number of carboxylic acid groups (broad SMARTS) is 1. The van der Waals surface area contributed by atoms with E-state index < -0.39 is 12.0 Å². The Hall–Kier alpha value is -1.10. The number of carbonyl (C=O) groups is 1. The molecule has 5 N–H and O–H groups in total. The van der Waals surface area contributed by atoms with Gasteiger partial charge >= 0.3 is 5.97 Å². The highest BCUT2D eigenvalue weighted by atomic mass is 16.4. The molecule has 0 aliphatic rings. The first-order valence-corrected chi connectivity index (χ1v) is 4.35. The molecule has 0 aromatic rings. The van der Waals surface area contributed by atoms with Crippen LogP contribution in [0.5, 0.6) is 0 Å². The van der Waals surface area contributed by atoms with Gasteiger partial charge in [-0.1, -0.05) is 6.92 Å². The predicted octanol–water partition coefficient (Wildman–Crippen LogP) is -0.0543. The summed E-state index contributed by atoms with van der Waals surface area (Å²) in [6, 6.07) is -0.780. The van der Waals surface area contributed by atoms with Gasteiger partial charge in [-0.05, 0) is 12.8 Å². The standard InChI is InChI=1S/C8H17N3O2/c1-2-7(10)11-5-3-4-6(9)8(12)13/h6H,2-5,9H2,1H3,(H2,10,11)(H,12,13)/t6-/m1/s1. The van der Waals surface area contributed by atoms with Gasteiger partial charge in [-0.25, -0.2) is 0 Å². The van der Waals surface area contributed by atoms with Gasteiger partial charge in [-0.3, -0.25) is 9.79 Å². The molecule has 76 valence electrons. The van der Waals surface area contributed by atoms with Crippen LogP contribution in [-0.4, -0.2) is 29.5 Å². The maximum absolute atomic E-state index is 10.3. The zero-order valence-corrected chi connectivity index (χ0v) is 7.86. The highest BCUT2D eigenvalue weighted by Gasteiger charge is 2.09. The molecule has 0 unspecified atom stereocenters. The smallest absolute Gasteiger partial charge is 0.320 e. The fraction of sp³-hybridized carbons (Fsp3) is 0.750. The van der Waals surface area contributed by atoms with E-state index in [1.54, 1.807) is 0 Å². The molecular weight excluding hydrogens is 170 g/mol. The van der Waals surface area contributed by atoms with Crippen LogP contribution >= 0.6 is 0 Å². The molecule has 1 atom stereocenters. The van der Waals surface area contributed by atoms with Crippen LogP contribution < -0.4 is 11.5 Å². The van der Waals surface area contributed by atoms with Crippen molar-refractivity contribution < 1.29 is 9.90 Å². The van der Waals surface area contributed by atoms with Gasteiger partial charge in [0.2, 0.25) is 0 Å². The molecule has 0 aromatic carbocycles. The van der Waals surface area contributed by atoms with Crippen LogP contribution in [0.1, 0.15) is 26.2 Å². The zero-order valence-electron chi connectivity index (χ0n) is 7.86. The second-order valence-corrected chi connectivity index (χ2v) is 2.81. The first-order chi connectivity index (χ1) is 6.07. The SMILES string of the molecule is CCC(N)=NCCC[C@@H](N)C(=O)O. The Kier molecular flexibility index (Phi) is 5.88. The number of aliphatic carboxylic acids is 1. The molecule has 0 aromatic heterocycles. The van der Waals surface area contributed by atoms with Crippen molar-refractivity contribution in [3.05, 3.63) is 0 Å². The lowest BCUT2D eigenvalue weighted by Crippen LogP contribution is -2.30. The Morgan fingerprint density at radius 3 is 2.69 bits per heavy atom. The van der Waals surface area contributed by atoms with Crippen molar-refractivity contribution in [1.82, 2.24) is 0 Å². The van der Waals surface area contributed by atoms with Crippen molar-refractivity contribution in [2.75, 3.05) is 6.54 Å². The first kappa shape index (κ1) is 11.9. The third-order valence-electron chi connectivity index (χ3n) is 1.67. The molecule has 0 saturated carbocycles. The molecule has 0 aliphatic heterocycles. The zero-order chi connectivity index (χ0) is 10.3. The number of amidine groups is 1. The van der Waals surface area contributed by atoms with E-state index in [1.807, 2.05) is 6.92 Å². The molecule has 0 saturated heterocycles. The van der Waals surface area contributed by atoms with Gasteiger partial charge in [0.25, 0.3) is 0 Å². The molecule has 0 spiro atoms. The Morgan fingerprint density at radius 1 is 1.62 bits per heavy atom. The van der Waals surface area contributed by atoms with E-state index in [4.69, 9.17) is 16.6 Å². The third-order valence-corrected chi connectivity index (χ3v) is 1.67. The van der Waals surface area contributed by atoms with E-state index in [9.17, 15) is 4.79 Å². The van der Waals surface area contributed by atoms with Crippen molar-refractivity contribution in [3.63, 3.8) is 0 Å². The van der Waals surface area contributed by atoms with Gasteiger partial charge in [0.1, 0.15) is 6.04 Å². The number of carboxylic acids is 1. The molecule has 0 bridgehead atoms. The molecular formula is C8H17N3O2. The van der Waals surface area contributed by atoms with Crippen LogP contribution in [0.15, 0.2) is 4.99 Å². The maximum Gasteiger partial charge on any atom is 0.320 e. The molecule has 0 fully saturated rings. The second kappa shape index (κ2) is 6.42. The summed E-state index contributed by atoms with van der Waals surface area (Å²) in [7, 11) is 0. The third kappa shape index (κ3) is 6.10. The van der Waals surface area contributed by atoms with E-state index in [1.165, 1.54) is 0 Å². The lowest BCUT2D eigenvalue weighted by atomic mass is 10.2. The summed E-state index contributed by atoms with van der Waals surface area (Å²) < 4.78 is 0. The van der Waals surface area contributed by atoms with Crippen molar-refractivity contribution >= 4 is 11.8 Å². The van der Waals surface area contributed by atoms with Gasteiger partial charge in [0.05, 0.1) is 5.84 Å². The van der Waals surface area contributed by atoms with Gasteiger partial charge in [0.15, 0.2) is 0 Å². The van der Waals surface area contributed by atoms with E-state index in [0.717, 1.165) is 6.42 Å². The topological polar surface area (TPSA) is 102 Å². The minimum Gasteiger partial charge on any atom is -0.480 e. The van der Waals surface area contributed by atoms with E-state index in [2.05, 4.69) is 4.99 Å². The van der Waals surface area contributed by atoms with Gasteiger partial charge in [-0.15, -0.1) is 0 Å². The van der Waals surface area contributed by atoms with Crippen LogP contribution in [0.4, 0.5) is 0 Å². The maximum atomic E-state index is 10.3. The average molecular weight is 187 g/mol. The molecule has 0 rings (SSSR count). The van der Waals surface area contributed by atoms with E-state index >= 15 is 0 Å². The molecule has 0 aliphatic carbocycles. The summed E-state index contributed by atoms with van der Waals surface area (Å²) in [5.74, 6) is -0.365. The minimum absolute atomic E-state index is 0.440. The predicted molar refractivity (Wildman–Crippen MR) is 51.6 cm³/mol. The van der Waals surface area contributed by atoms with Crippen molar-refractivity contribution in [3.8, 4) is 0 Å². The van der Waals surface area contributed by atoms with Crippen LogP contribution in [0, 0.1) is 0 Å². The number of aliphatic imine (C=N–C) groups is 1. The highest BCUT2D eigenvalue weighted by Crippen LogP contribution is 1.95. The Labute approximate surface area is 77.8 Å². The number of nitrogens with zero attached hydrogens (tertiary/aromatic N) is 1. The monoisotopic (exact) mass is 187 g/mol. The average Bonchev–Trinajstić information content (AvgIpc) is 2.11. The summed E-state index contributed by atoms with van der Waals surface area (Å²) in [5, 5.41) is 8.45. The summed E-state index contributed by atoms with van der Waals surface area (Å²) in [6.45, 7) is 2.47. The van der Waals surface area contributed by atoms with Gasteiger partial charge in [-0.2, -0.15) is 0 Å². The van der Waals surface area contributed by atoms with Crippen molar-refractivity contribution in [2.45, 2.75) is 32.2 Å². The minimum atomic E-state index is -0.965. The second-order valence-electron chi connectivity index (χ2n) is 2.81. The number of hydrogen-bond donors (Lipinski definition) is 3. The van der Waals surface area contributed by atoms with Crippen molar-refractivity contribution in [1.29, 1.82) is 0 Å². The molecule has 0 amide bonds. The summed E-state index contributed by atoms with van der Waals surface area (Å²) >= 11 is 0. The lowest BCUT2D eigenvalue weighted by Gasteiger charge is -2.03. The largest absolute Gasteiger partial charge is 0.480 e. The fourth-order valence-electron chi connectivity index (χ4n) is 0.769. The van der Waals surface area contributed by atoms with E-state index in [-0.39, 0.29) is 0 Å². The summed E-state index contributed by atoms with van der Waals surface area (Å²) in [4.78, 5) is 14.3. The molecule has 5 heteroatoms. The lowest BCUT2D eigenvalue weighted by molar-refractivity contribution is -0.138. The van der Waals surface area contributed by atoms with Crippen LogP contribution in [0.2, 0.25) is 0 Å². The molecule has 0 radical (unpaired) electrons. The van der Waals surface area contributed by atoms with Gasteiger partial charge < -0.3 is 16.6 Å². The summed E-state index contributed by atoms with van der Waals surface area (Å²) in [5.41, 5.74) is 10.7. The number of nitrogens with two attached hydrogens (primary N) is 2. The molecule has 13 heavy (non-hydrogen) atoms. The Bertz CT molecular complexity index is 192. The normalized spacial score (nSPS) is 14.2.